The van der Waals surface area contributed by atoms with E-state index in [-0.39, 0.29) is 29.8 Å². The summed E-state index contributed by atoms with van der Waals surface area (Å²) < 4.78 is 18.8. The molecule has 1 saturated heterocycles. The number of carbonyl (C=O) groups is 1. The Morgan fingerprint density at radius 2 is 1.75 bits per heavy atom. The van der Waals surface area contributed by atoms with Crippen molar-refractivity contribution in [2.75, 3.05) is 13.1 Å². The number of piperidine rings is 1. The first-order valence-electron chi connectivity index (χ1n) is 9.08. The van der Waals surface area contributed by atoms with E-state index in [1.165, 1.54) is 25.0 Å². The van der Waals surface area contributed by atoms with E-state index in [0.717, 1.165) is 32.4 Å². The fourth-order valence-electron chi connectivity index (χ4n) is 4.81. The maximum Gasteiger partial charge on any atom is 0.227 e. The number of amides is 1. The highest BCUT2D eigenvalue weighted by Gasteiger charge is 2.50. The third kappa shape index (κ3) is 2.90. The second-order valence-corrected chi connectivity index (χ2v) is 7.53. The fraction of sp³-hybridized carbons (Fsp3) is 0.632. The summed E-state index contributed by atoms with van der Waals surface area (Å²) in [6, 6.07) is 6.18. The van der Waals surface area contributed by atoms with Crippen LogP contribution in [0.25, 0.3) is 0 Å². The molecular weight excluding hydrogens is 307 g/mol. The number of carbonyl (C=O) groups excluding carboxylic acids is 1. The average molecular weight is 332 g/mol. The smallest absolute Gasteiger partial charge is 0.227 e. The number of hydrogen-bond acceptors (Lipinski definition) is 3. The van der Waals surface area contributed by atoms with Crippen molar-refractivity contribution in [1.29, 1.82) is 0 Å². The van der Waals surface area contributed by atoms with Crippen LogP contribution in [0.2, 0.25) is 0 Å². The Morgan fingerprint density at radius 3 is 2.38 bits per heavy atom. The Kier molecular flexibility index (Phi) is 4.21. The predicted molar refractivity (Wildman–Crippen MR) is 88.9 cm³/mol. The molecule has 0 unspecified atom stereocenters. The Hall–Kier alpha value is -1.62. The van der Waals surface area contributed by atoms with Gasteiger partial charge in [0.1, 0.15) is 17.7 Å². The Balaban J connectivity index is 1.31. The van der Waals surface area contributed by atoms with Gasteiger partial charge in [-0.15, -0.1) is 0 Å². The van der Waals surface area contributed by atoms with E-state index >= 15 is 0 Å². The highest BCUT2D eigenvalue weighted by atomic mass is 19.1. The number of rotatable bonds is 3. The molecule has 3 fully saturated rings. The SMILES string of the molecule is N[C@@H]1[C@H]2CC[C@@H](C2)[C@H]1C(=O)N1CCC(Oc2ccc(F)cc2)CC1. The molecule has 4 nitrogen and oxygen atoms in total. The van der Waals surface area contributed by atoms with Crippen LogP contribution < -0.4 is 10.5 Å². The van der Waals surface area contributed by atoms with Crippen molar-refractivity contribution in [3.05, 3.63) is 30.1 Å². The maximum atomic E-state index is 12.9. The van der Waals surface area contributed by atoms with Gasteiger partial charge in [-0.2, -0.15) is 0 Å². The number of likely N-dealkylation sites (tertiary alicyclic amines) is 1. The lowest BCUT2D eigenvalue weighted by Gasteiger charge is -2.37. The third-order valence-electron chi connectivity index (χ3n) is 6.14. The van der Waals surface area contributed by atoms with Crippen LogP contribution >= 0.6 is 0 Å². The molecule has 4 atom stereocenters. The monoisotopic (exact) mass is 332 g/mol. The molecule has 130 valence electrons. The summed E-state index contributed by atoms with van der Waals surface area (Å²) in [4.78, 5) is 14.8. The molecule has 2 saturated carbocycles. The van der Waals surface area contributed by atoms with Gasteiger partial charge in [-0.1, -0.05) is 0 Å². The van der Waals surface area contributed by atoms with Gasteiger partial charge in [-0.3, -0.25) is 4.79 Å². The minimum Gasteiger partial charge on any atom is -0.490 e. The number of ether oxygens (including phenoxy) is 1. The topological polar surface area (TPSA) is 55.6 Å². The zero-order valence-corrected chi connectivity index (χ0v) is 13.9. The summed E-state index contributed by atoms with van der Waals surface area (Å²) in [6.07, 6.45) is 5.23. The zero-order valence-electron chi connectivity index (χ0n) is 13.9. The van der Waals surface area contributed by atoms with E-state index in [9.17, 15) is 9.18 Å². The number of nitrogens with zero attached hydrogens (tertiary/aromatic N) is 1. The second-order valence-electron chi connectivity index (χ2n) is 7.53. The van der Waals surface area contributed by atoms with Crippen LogP contribution in [0.15, 0.2) is 24.3 Å². The van der Waals surface area contributed by atoms with E-state index in [1.807, 2.05) is 4.90 Å². The normalized spacial score (nSPS) is 33.0. The van der Waals surface area contributed by atoms with Gasteiger partial charge in [0.05, 0.1) is 5.92 Å². The van der Waals surface area contributed by atoms with Crippen molar-refractivity contribution in [1.82, 2.24) is 4.90 Å². The summed E-state index contributed by atoms with van der Waals surface area (Å²) in [5.41, 5.74) is 6.31. The number of hydrogen-bond donors (Lipinski definition) is 1. The number of fused-ring (bicyclic) bond motifs is 2. The van der Waals surface area contributed by atoms with Gasteiger partial charge in [0, 0.05) is 32.0 Å². The first-order chi connectivity index (χ1) is 11.6. The van der Waals surface area contributed by atoms with Crippen molar-refractivity contribution in [2.24, 2.45) is 23.5 Å². The summed E-state index contributed by atoms with van der Waals surface area (Å²) >= 11 is 0. The lowest BCUT2D eigenvalue weighted by atomic mass is 9.83. The van der Waals surface area contributed by atoms with Crippen molar-refractivity contribution in [3.63, 3.8) is 0 Å². The average Bonchev–Trinajstić information content (AvgIpc) is 3.18. The van der Waals surface area contributed by atoms with Crippen molar-refractivity contribution in [2.45, 2.75) is 44.2 Å². The summed E-state index contributed by atoms with van der Waals surface area (Å²) in [5.74, 6) is 1.79. The molecule has 1 heterocycles. The quantitative estimate of drug-likeness (QED) is 0.925. The van der Waals surface area contributed by atoms with E-state index in [2.05, 4.69) is 0 Å². The molecule has 0 aromatic heterocycles. The first kappa shape index (κ1) is 15.9. The van der Waals surface area contributed by atoms with Crippen LogP contribution in [-0.2, 0) is 4.79 Å². The van der Waals surface area contributed by atoms with E-state index in [0.29, 0.717) is 17.6 Å². The standard InChI is InChI=1S/C19H25FN2O2/c20-14-3-5-15(6-4-14)24-16-7-9-22(10-8-16)19(23)17-12-1-2-13(11-12)18(17)21/h3-6,12-13,16-18H,1-2,7-11,21H2/t12-,13-,17+,18+/m0/s1. The molecule has 1 aromatic rings. The van der Waals surface area contributed by atoms with Crippen molar-refractivity contribution >= 4 is 5.91 Å². The molecule has 3 aliphatic rings. The van der Waals surface area contributed by atoms with Crippen LogP contribution in [-0.4, -0.2) is 36.0 Å². The van der Waals surface area contributed by atoms with E-state index < -0.39 is 0 Å². The van der Waals surface area contributed by atoms with Gasteiger partial charge < -0.3 is 15.4 Å². The minimum absolute atomic E-state index is 0.0401. The summed E-state index contributed by atoms with van der Waals surface area (Å²) in [5, 5.41) is 0. The summed E-state index contributed by atoms with van der Waals surface area (Å²) in [7, 11) is 0. The van der Waals surface area contributed by atoms with Gasteiger partial charge >= 0.3 is 0 Å². The van der Waals surface area contributed by atoms with Crippen molar-refractivity contribution < 1.29 is 13.9 Å². The van der Waals surface area contributed by atoms with Gasteiger partial charge in [0.15, 0.2) is 0 Å². The van der Waals surface area contributed by atoms with Crippen LogP contribution in [0.3, 0.4) is 0 Å². The Bertz CT molecular complexity index is 596. The molecule has 2 aliphatic carbocycles. The van der Waals surface area contributed by atoms with E-state index in [4.69, 9.17) is 10.5 Å². The highest BCUT2D eigenvalue weighted by Crippen LogP contribution is 2.48. The lowest BCUT2D eigenvalue weighted by Crippen LogP contribution is -2.50. The molecule has 2 N–H and O–H groups in total. The number of halogens is 1. The molecule has 0 spiro atoms. The maximum absolute atomic E-state index is 12.9. The van der Waals surface area contributed by atoms with Gasteiger partial charge in [-0.25, -0.2) is 4.39 Å². The predicted octanol–water partition coefficient (Wildman–Crippen LogP) is 2.57. The fourth-order valence-corrected chi connectivity index (χ4v) is 4.81. The van der Waals surface area contributed by atoms with E-state index in [1.54, 1.807) is 12.1 Å². The number of nitrogens with two attached hydrogens (primary N) is 1. The van der Waals surface area contributed by atoms with Crippen LogP contribution in [0.5, 0.6) is 5.75 Å². The molecule has 5 heteroatoms. The molecule has 1 amide bonds. The van der Waals surface area contributed by atoms with Crippen LogP contribution in [0.4, 0.5) is 4.39 Å². The Morgan fingerprint density at radius 1 is 1.08 bits per heavy atom. The highest BCUT2D eigenvalue weighted by molar-refractivity contribution is 5.80. The molecule has 24 heavy (non-hydrogen) atoms. The van der Waals surface area contributed by atoms with Crippen molar-refractivity contribution in [3.8, 4) is 5.75 Å². The first-order valence-corrected chi connectivity index (χ1v) is 9.08. The zero-order chi connectivity index (χ0) is 16.7. The van der Waals surface area contributed by atoms with Crippen LogP contribution in [0.1, 0.15) is 32.1 Å². The van der Waals surface area contributed by atoms with Gasteiger partial charge in [-0.05, 0) is 55.4 Å². The number of benzene rings is 1. The minimum atomic E-state index is -0.259. The molecule has 0 radical (unpaired) electrons. The molecule has 1 aliphatic heterocycles. The van der Waals surface area contributed by atoms with Crippen LogP contribution in [0, 0.1) is 23.6 Å². The molecule has 4 rings (SSSR count). The van der Waals surface area contributed by atoms with Gasteiger partial charge in [0.2, 0.25) is 5.91 Å². The molecule has 1 aromatic carbocycles. The third-order valence-corrected chi connectivity index (χ3v) is 6.14. The second kappa shape index (κ2) is 6.36. The Labute approximate surface area is 142 Å². The molecular formula is C19H25FN2O2. The summed E-state index contributed by atoms with van der Waals surface area (Å²) in [6.45, 7) is 1.45. The molecule has 2 bridgehead atoms. The van der Waals surface area contributed by atoms with Gasteiger partial charge in [0.25, 0.3) is 0 Å². The largest absolute Gasteiger partial charge is 0.490 e. The lowest BCUT2D eigenvalue weighted by molar-refractivity contribution is -0.139.